The molecule has 8 heteroatoms. The summed E-state index contributed by atoms with van der Waals surface area (Å²) in [6, 6.07) is 12.0. The molecule has 6 nitrogen and oxygen atoms in total. The van der Waals surface area contributed by atoms with E-state index in [0.29, 0.717) is 39.0 Å². The van der Waals surface area contributed by atoms with Gasteiger partial charge < -0.3 is 10.3 Å². The van der Waals surface area contributed by atoms with E-state index in [0.717, 1.165) is 0 Å². The van der Waals surface area contributed by atoms with Gasteiger partial charge in [0.2, 0.25) is 5.91 Å². The van der Waals surface area contributed by atoms with E-state index in [9.17, 15) is 9.59 Å². The second kappa shape index (κ2) is 7.86. The molecule has 26 heavy (non-hydrogen) atoms. The molecule has 0 spiro atoms. The first-order valence-electron chi connectivity index (χ1n) is 7.84. The highest BCUT2D eigenvalue weighted by atomic mass is 35.5. The molecule has 0 atom stereocenters. The predicted octanol–water partition coefficient (Wildman–Crippen LogP) is 3.30. The minimum atomic E-state index is -0.263. The summed E-state index contributed by atoms with van der Waals surface area (Å²) < 4.78 is 0. The molecule has 0 aliphatic rings. The molecule has 0 unspecified atom stereocenters. The normalized spacial score (nSPS) is 11.1. The number of hydrogen-bond acceptors (Lipinski definition) is 4. The van der Waals surface area contributed by atoms with Gasteiger partial charge in [-0.1, -0.05) is 35.3 Å². The molecule has 3 aromatic rings. The number of benzene rings is 2. The lowest BCUT2D eigenvalue weighted by Gasteiger charge is -2.16. The number of likely N-dealkylation sites (N-methyl/N-ethyl adjacent to an activating group) is 1. The average Bonchev–Trinajstić information content (AvgIpc) is 2.57. The first-order chi connectivity index (χ1) is 12.4. The van der Waals surface area contributed by atoms with Crippen LogP contribution in [0, 0.1) is 0 Å². The van der Waals surface area contributed by atoms with Crippen LogP contribution in [0.4, 0.5) is 5.69 Å². The number of rotatable bonds is 5. The average molecular weight is 391 g/mol. The molecule has 134 valence electrons. The zero-order chi connectivity index (χ0) is 18.7. The number of nitrogens with zero attached hydrogens (tertiary/aromatic N) is 2. The number of amides is 1. The Bertz CT molecular complexity index is 1020. The minimum Gasteiger partial charge on any atom is -0.324 e. The predicted molar refractivity (Wildman–Crippen MR) is 104 cm³/mol. The molecule has 0 bridgehead atoms. The number of fused-ring (bicyclic) bond motifs is 1. The highest BCUT2D eigenvalue weighted by Crippen LogP contribution is 2.20. The number of H-pyrrole nitrogens is 1. The van der Waals surface area contributed by atoms with Gasteiger partial charge in [0.1, 0.15) is 5.82 Å². The zero-order valence-electron chi connectivity index (χ0n) is 13.9. The van der Waals surface area contributed by atoms with Crippen LogP contribution in [0.25, 0.3) is 10.9 Å². The Balaban J connectivity index is 1.68. The number of carbonyl (C=O) groups is 1. The van der Waals surface area contributed by atoms with Crippen molar-refractivity contribution in [2.24, 2.45) is 0 Å². The van der Waals surface area contributed by atoms with E-state index in [1.54, 1.807) is 54.4 Å². The van der Waals surface area contributed by atoms with E-state index in [1.807, 2.05) is 0 Å². The highest BCUT2D eigenvalue weighted by Gasteiger charge is 2.11. The molecule has 2 N–H and O–H groups in total. The van der Waals surface area contributed by atoms with E-state index < -0.39 is 0 Å². The number of halogens is 2. The first kappa shape index (κ1) is 18.4. The van der Waals surface area contributed by atoms with Gasteiger partial charge in [-0.25, -0.2) is 4.98 Å². The highest BCUT2D eigenvalue weighted by molar-refractivity contribution is 6.33. The smallest absolute Gasteiger partial charge is 0.258 e. The molecule has 0 saturated carbocycles. The van der Waals surface area contributed by atoms with E-state index in [-0.39, 0.29) is 18.0 Å². The van der Waals surface area contributed by atoms with Crippen molar-refractivity contribution < 1.29 is 4.79 Å². The largest absolute Gasteiger partial charge is 0.324 e. The molecule has 1 aromatic heterocycles. The van der Waals surface area contributed by atoms with Crippen LogP contribution >= 0.6 is 23.2 Å². The molecular weight excluding hydrogens is 375 g/mol. The number of anilines is 1. The van der Waals surface area contributed by atoms with Crippen molar-refractivity contribution in [3.63, 3.8) is 0 Å². The third-order valence-corrected chi connectivity index (χ3v) is 4.26. The Labute approximate surface area is 159 Å². The summed E-state index contributed by atoms with van der Waals surface area (Å²) in [5.74, 6) is 0.258. The van der Waals surface area contributed by atoms with Crippen LogP contribution in [0.2, 0.25) is 10.0 Å². The van der Waals surface area contributed by atoms with E-state index >= 15 is 0 Å². The van der Waals surface area contributed by atoms with E-state index in [4.69, 9.17) is 23.2 Å². The maximum atomic E-state index is 12.2. The van der Waals surface area contributed by atoms with E-state index in [2.05, 4.69) is 15.3 Å². The van der Waals surface area contributed by atoms with Gasteiger partial charge in [-0.3, -0.25) is 14.5 Å². The third-order valence-electron chi connectivity index (χ3n) is 3.70. The lowest BCUT2D eigenvalue weighted by atomic mass is 10.2. The van der Waals surface area contributed by atoms with Gasteiger partial charge in [0, 0.05) is 5.02 Å². The van der Waals surface area contributed by atoms with Crippen LogP contribution in [0.5, 0.6) is 0 Å². The number of para-hydroxylation sites is 1. The van der Waals surface area contributed by atoms with Gasteiger partial charge in [0.15, 0.2) is 0 Å². The van der Waals surface area contributed by atoms with Crippen molar-refractivity contribution >= 4 is 45.7 Å². The number of nitrogens with one attached hydrogen (secondary N) is 2. The topological polar surface area (TPSA) is 78.1 Å². The molecule has 0 radical (unpaired) electrons. The van der Waals surface area contributed by atoms with Crippen molar-refractivity contribution in [3.8, 4) is 0 Å². The molecule has 0 aliphatic heterocycles. The number of hydrogen-bond donors (Lipinski definition) is 2. The van der Waals surface area contributed by atoms with Crippen molar-refractivity contribution in [2.45, 2.75) is 6.54 Å². The van der Waals surface area contributed by atoms with Crippen molar-refractivity contribution in [1.82, 2.24) is 14.9 Å². The van der Waals surface area contributed by atoms with Crippen LogP contribution in [-0.4, -0.2) is 34.4 Å². The molecule has 3 rings (SSSR count). The monoisotopic (exact) mass is 390 g/mol. The minimum absolute atomic E-state index is 0.119. The molecule has 0 fully saturated rings. The Kier molecular flexibility index (Phi) is 5.56. The van der Waals surface area contributed by atoms with Crippen molar-refractivity contribution in [1.29, 1.82) is 0 Å². The summed E-state index contributed by atoms with van der Waals surface area (Å²) in [7, 11) is 1.76. The summed E-state index contributed by atoms with van der Waals surface area (Å²) in [5, 5.41) is 4.14. The lowest BCUT2D eigenvalue weighted by Crippen LogP contribution is -2.31. The lowest BCUT2D eigenvalue weighted by molar-refractivity contribution is -0.117. The Morgan fingerprint density at radius 3 is 2.77 bits per heavy atom. The second-order valence-electron chi connectivity index (χ2n) is 5.87. The maximum absolute atomic E-state index is 12.2. The molecule has 2 aromatic carbocycles. The van der Waals surface area contributed by atoms with Crippen LogP contribution in [-0.2, 0) is 11.3 Å². The summed E-state index contributed by atoms with van der Waals surface area (Å²) >= 11 is 11.9. The van der Waals surface area contributed by atoms with Gasteiger partial charge in [-0.05, 0) is 37.4 Å². The summed E-state index contributed by atoms with van der Waals surface area (Å²) in [4.78, 5) is 33.2. The molecule has 1 heterocycles. The Hall–Kier alpha value is -2.41. The quantitative estimate of drug-likeness (QED) is 0.700. The van der Waals surface area contributed by atoms with Crippen molar-refractivity contribution in [3.05, 3.63) is 68.7 Å². The van der Waals surface area contributed by atoms with Crippen LogP contribution < -0.4 is 10.9 Å². The van der Waals surface area contributed by atoms with Gasteiger partial charge >= 0.3 is 0 Å². The van der Waals surface area contributed by atoms with Crippen LogP contribution in [0.3, 0.4) is 0 Å². The SMILES string of the molecule is CN(CC(=O)Nc1ccccc1Cl)Cc1nc2ccc(Cl)cc2c(=O)[nH]1. The van der Waals surface area contributed by atoms with Gasteiger partial charge in [-0.2, -0.15) is 0 Å². The second-order valence-corrected chi connectivity index (χ2v) is 6.72. The van der Waals surface area contributed by atoms with Gasteiger partial charge in [0.25, 0.3) is 5.56 Å². The summed E-state index contributed by atoms with van der Waals surface area (Å²) in [6.07, 6.45) is 0. The Morgan fingerprint density at radius 1 is 1.23 bits per heavy atom. The van der Waals surface area contributed by atoms with Crippen LogP contribution in [0.15, 0.2) is 47.3 Å². The fourth-order valence-corrected chi connectivity index (χ4v) is 2.90. The zero-order valence-corrected chi connectivity index (χ0v) is 15.4. The molecular formula is C18H16Cl2N4O2. The Morgan fingerprint density at radius 2 is 2.00 bits per heavy atom. The first-order valence-corrected chi connectivity index (χ1v) is 8.59. The van der Waals surface area contributed by atoms with Crippen LogP contribution in [0.1, 0.15) is 5.82 Å². The third kappa shape index (κ3) is 4.40. The standard InChI is InChI=1S/C18H16Cl2N4O2/c1-24(10-17(25)22-15-5-3-2-4-13(15)20)9-16-21-14-7-6-11(19)8-12(14)18(26)23-16/h2-8H,9-10H2,1H3,(H,22,25)(H,21,23,26). The fraction of sp³-hybridized carbons (Fsp3) is 0.167. The summed E-state index contributed by atoms with van der Waals surface area (Å²) in [6.45, 7) is 0.428. The molecule has 0 saturated heterocycles. The van der Waals surface area contributed by atoms with Gasteiger partial charge in [-0.15, -0.1) is 0 Å². The number of aromatic nitrogens is 2. The number of carbonyl (C=O) groups excluding carboxylic acids is 1. The number of aromatic amines is 1. The van der Waals surface area contributed by atoms with Gasteiger partial charge in [0.05, 0.1) is 34.7 Å². The van der Waals surface area contributed by atoms with Crippen molar-refractivity contribution in [2.75, 3.05) is 18.9 Å². The molecule has 0 aliphatic carbocycles. The van der Waals surface area contributed by atoms with E-state index in [1.165, 1.54) is 0 Å². The molecule has 1 amide bonds. The maximum Gasteiger partial charge on any atom is 0.258 e. The fourth-order valence-electron chi connectivity index (χ4n) is 2.54. The summed E-state index contributed by atoms with van der Waals surface area (Å²) in [5.41, 5.74) is 0.852.